The van der Waals surface area contributed by atoms with Crippen LogP contribution in [0.25, 0.3) is 0 Å². The van der Waals surface area contributed by atoms with E-state index in [1.807, 2.05) is 13.1 Å². The van der Waals surface area contributed by atoms with Crippen LogP contribution in [-0.2, 0) is 0 Å². The lowest BCUT2D eigenvalue weighted by molar-refractivity contribution is 0.298. The molecule has 0 heterocycles. The second-order valence-electron chi connectivity index (χ2n) is 3.05. The Morgan fingerprint density at radius 2 is 2.17 bits per heavy atom. The van der Waals surface area contributed by atoms with E-state index in [9.17, 15) is 0 Å². The van der Waals surface area contributed by atoms with Crippen molar-refractivity contribution < 1.29 is 0 Å². The summed E-state index contributed by atoms with van der Waals surface area (Å²) < 4.78 is 0. The molecule has 0 bridgehead atoms. The maximum Gasteiger partial charge on any atom is 0.0160 e. The minimum Gasteiger partial charge on any atom is -0.320 e. The van der Waals surface area contributed by atoms with Gasteiger partial charge in [0.2, 0.25) is 0 Å². The van der Waals surface area contributed by atoms with Crippen molar-refractivity contribution in [2.75, 3.05) is 33.2 Å². The van der Waals surface area contributed by atoms with Crippen LogP contribution in [0.5, 0.6) is 0 Å². The minimum absolute atomic E-state index is 1.03. The van der Waals surface area contributed by atoms with Gasteiger partial charge in [0.1, 0.15) is 0 Å². The van der Waals surface area contributed by atoms with Crippen molar-refractivity contribution >= 4 is 0 Å². The van der Waals surface area contributed by atoms with Crippen molar-refractivity contribution in [3.05, 3.63) is 12.7 Å². The lowest BCUT2D eigenvalue weighted by atomic mass is 10.3. The molecule has 0 fully saturated rings. The highest BCUT2D eigenvalue weighted by Crippen LogP contribution is 1.93. The Bertz CT molecular complexity index is 102. The molecule has 0 unspecified atom stereocenters. The predicted molar refractivity (Wildman–Crippen MR) is 55.5 cm³/mol. The topological polar surface area (TPSA) is 15.3 Å². The van der Waals surface area contributed by atoms with Crippen LogP contribution in [-0.4, -0.2) is 38.1 Å². The molecule has 0 aromatic heterocycles. The molecule has 0 aliphatic carbocycles. The standard InChI is InChI=1S/C10H22N2/c1-4-8-12(9-5-2)10-6-7-11-3/h4,11H,1,5-10H2,2-3H3. The maximum atomic E-state index is 3.75. The quantitative estimate of drug-likeness (QED) is 0.438. The van der Waals surface area contributed by atoms with Crippen LogP contribution >= 0.6 is 0 Å². The summed E-state index contributed by atoms with van der Waals surface area (Å²) in [6, 6.07) is 0. The first-order valence-corrected chi connectivity index (χ1v) is 4.83. The summed E-state index contributed by atoms with van der Waals surface area (Å²) in [4.78, 5) is 2.43. The van der Waals surface area contributed by atoms with Crippen LogP contribution in [0, 0.1) is 0 Å². The van der Waals surface area contributed by atoms with Crippen molar-refractivity contribution in [1.29, 1.82) is 0 Å². The summed E-state index contributed by atoms with van der Waals surface area (Å²) >= 11 is 0. The first kappa shape index (κ1) is 11.7. The second-order valence-corrected chi connectivity index (χ2v) is 3.05. The Morgan fingerprint density at radius 1 is 1.42 bits per heavy atom. The Hall–Kier alpha value is -0.340. The van der Waals surface area contributed by atoms with Gasteiger partial charge in [-0.1, -0.05) is 13.0 Å². The lowest BCUT2D eigenvalue weighted by Crippen LogP contribution is -2.27. The fraction of sp³-hybridized carbons (Fsp3) is 0.800. The van der Waals surface area contributed by atoms with Crippen LogP contribution in [0.1, 0.15) is 19.8 Å². The van der Waals surface area contributed by atoms with Gasteiger partial charge in [0.05, 0.1) is 0 Å². The molecule has 0 amide bonds. The molecule has 2 heteroatoms. The molecular weight excluding hydrogens is 148 g/mol. The fourth-order valence-electron chi connectivity index (χ4n) is 1.27. The Morgan fingerprint density at radius 3 is 2.67 bits per heavy atom. The van der Waals surface area contributed by atoms with E-state index in [4.69, 9.17) is 0 Å². The predicted octanol–water partition coefficient (Wildman–Crippen LogP) is 1.49. The van der Waals surface area contributed by atoms with Gasteiger partial charge in [-0.2, -0.15) is 0 Å². The monoisotopic (exact) mass is 170 g/mol. The molecule has 0 aromatic carbocycles. The summed E-state index contributed by atoms with van der Waals surface area (Å²) in [7, 11) is 2.00. The second kappa shape index (κ2) is 8.75. The molecule has 0 aromatic rings. The highest BCUT2D eigenvalue weighted by Gasteiger charge is 1.99. The fourth-order valence-corrected chi connectivity index (χ4v) is 1.27. The van der Waals surface area contributed by atoms with E-state index in [0.29, 0.717) is 0 Å². The zero-order valence-corrected chi connectivity index (χ0v) is 8.47. The highest BCUT2D eigenvalue weighted by atomic mass is 15.1. The van der Waals surface area contributed by atoms with Crippen molar-refractivity contribution in [2.45, 2.75) is 19.8 Å². The molecular formula is C10H22N2. The van der Waals surface area contributed by atoms with Crippen molar-refractivity contribution in [3.63, 3.8) is 0 Å². The average molecular weight is 170 g/mol. The molecule has 2 nitrogen and oxygen atoms in total. The Balaban J connectivity index is 3.40. The molecule has 0 spiro atoms. The smallest absolute Gasteiger partial charge is 0.0160 e. The molecule has 12 heavy (non-hydrogen) atoms. The third kappa shape index (κ3) is 6.38. The van der Waals surface area contributed by atoms with Gasteiger partial charge in [-0.05, 0) is 39.5 Å². The van der Waals surface area contributed by atoms with Crippen molar-refractivity contribution in [2.24, 2.45) is 0 Å². The molecule has 0 atom stereocenters. The van der Waals surface area contributed by atoms with Crippen molar-refractivity contribution in [3.8, 4) is 0 Å². The van der Waals surface area contributed by atoms with Gasteiger partial charge in [-0.25, -0.2) is 0 Å². The molecule has 0 aliphatic heterocycles. The molecule has 0 aliphatic rings. The van der Waals surface area contributed by atoms with Crippen LogP contribution in [0.2, 0.25) is 0 Å². The van der Waals surface area contributed by atoms with E-state index in [-0.39, 0.29) is 0 Å². The molecule has 0 saturated heterocycles. The molecule has 1 N–H and O–H groups in total. The number of nitrogens with one attached hydrogen (secondary N) is 1. The normalized spacial score (nSPS) is 10.6. The zero-order chi connectivity index (χ0) is 9.23. The number of hydrogen-bond acceptors (Lipinski definition) is 2. The maximum absolute atomic E-state index is 3.75. The van der Waals surface area contributed by atoms with Crippen LogP contribution < -0.4 is 5.32 Å². The van der Waals surface area contributed by atoms with E-state index in [1.165, 1.54) is 25.9 Å². The van der Waals surface area contributed by atoms with Gasteiger partial charge >= 0.3 is 0 Å². The summed E-state index contributed by atoms with van der Waals surface area (Å²) in [5, 5.41) is 3.15. The average Bonchev–Trinajstić information content (AvgIpc) is 2.06. The molecule has 0 rings (SSSR count). The molecule has 0 radical (unpaired) electrons. The summed E-state index contributed by atoms with van der Waals surface area (Å²) in [6.45, 7) is 10.5. The van der Waals surface area contributed by atoms with E-state index in [2.05, 4.69) is 23.7 Å². The third-order valence-corrected chi connectivity index (χ3v) is 1.83. The van der Waals surface area contributed by atoms with Crippen LogP contribution in [0.4, 0.5) is 0 Å². The lowest BCUT2D eigenvalue weighted by Gasteiger charge is -2.19. The molecule has 0 saturated carbocycles. The largest absolute Gasteiger partial charge is 0.320 e. The highest BCUT2D eigenvalue weighted by molar-refractivity contribution is 4.73. The number of rotatable bonds is 8. The van der Waals surface area contributed by atoms with E-state index < -0.39 is 0 Å². The zero-order valence-electron chi connectivity index (χ0n) is 8.47. The van der Waals surface area contributed by atoms with E-state index >= 15 is 0 Å². The van der Waals surface area contributed by atoms with E-state index in [1.54, 1.807) is 0 Å². The first-order chi connectivity index (χ1) is 5.85. The third-order valence-electron chi connectivity index (χ3n) is 1.83. The van der Waals surface area contributed by atoms with Gasteiger partial charge < -0.3 is 5.32 Å². The molecule has 72 valence electrons. The van der Waals surface area contributed by atoms with Gasteiger partial charge in [0.15, 0.2) is 0 Å². The summed E-state index contributed by atoms with van der Waals surface area (Å²) in [5.74, 6) is 0. The van der Waals surface area contributed by atoms with Gasteiger partial charge in [0, 0.05) is 6.54 Å². The van der Waals surface area contributed by atoms with Crippen LogP contribution in [0.15, 0.2) is 12.7 Å². The first-order valence-electron chi connectivity index (χ1n) is 4.83. The van der Waals surface area contributed by atoms with Gasteiger partial charge in [0.25, 0.3) is 0 Å². The van der Waals surface area contributed by atoms with Gasteiger partial charge in [-0.15, -0.1) is 6.58 Å². The SMILES string of the molecule is C=CCN(CCC)CCCNC. The number of hydrogen-bond donors (Lipinski definition) is 1. The van der Waals surface area contributed by atoms with Gasteiger partial charge in [-0.3, -0.25) is 4.90 Å². The van der Waals surface area contributed by atoms with E-state index in [0.717, 1.165) is 13.1 Å². The minimum atomic E-state index is 1.03. The van der Waals surface area contributed by atoms with Crippen molar-refractivity contribution in [1.82, 2.24) is 10.2 Å². The van der Waals surface area contributed by atoms with Crippen LogP contribution in [0.3, 0.4) is 0 Å². The summed E-state index contributed by atoms with van der Waals surface area (Å²) in [6.07, 6.45) is 4.44. The summed E-state index contributed by atoms with van der Waals surface area (Å²) in [5.41, 5.74) is 0. The Kier molecular flexibility index (Phi) is 8.51. The number of nitrogens with zero attached hydrogens (tertiary/aromatic N) is 1. The Labute approximate surface area is 76.6 Å².